The molecule has 5 rings (SSSR count). The summed E-state index contributed by atoms with van der Waals surface area (Å²) in [6.45, 7) is 2.06. The fourth-order valence-electron chi connectivity index (χ4n) is 5.66. The van der Waals surface area contributed by atoms with Crippen LogP contribution in [0.15, 0.2) is 18.2 Å². The summed E-state index contributed by atoms with van der Waals surface area (Å²) >= 11 is 0. The highest BCUT2D eigenvalue weighted by atomic mass is 16.5. The summed E-state index contributed by atoms with van der Waals surface area (Å²) in [5, 5.41) is 3.22. The number of carbonyl (C=O) groups is 2. The van der Waals surface area contributed by atoms with E-state index >= 15 is 0 Å². The van der Waals surface area contributed by atoms with Crippen LogP contribution in [-0.2, 0) is 21.5 Å². The first-order valence-electron chi connectivity index (χ1n) is 9.79. The molecule has 1 N–H and O–H groups in total. The van der Waals surface area contributed by atoms with E-state index in [0.717, 1.165) is 56.1 Å². The lowest BCUT2D eigenvalue weighted by Crippen LogP contribution is -2.56. The van der Waals surface area contributed by atoms with Gasteiger partial charge in [-0.25, -0.2) is 4.79 Å². The third kappa shape index (κ3) is 1.95. The molecule has 3 amide bonds. The molecular formula is C21H26N2O3. The van der Waals surface area contributed by atoms with Crippen LogP contribution in [0.2, 0.25) is 0 Å². The van der Waals surface area contributed by atoms with Crippen molar-refractivity contribution < 1.29 is 14.3 Å². The van der Waals surface area contributed by atoms with Gasteiger partial charge in [-0.2, -0.15) is 0 Å². The molecule has 1 aliphatic heterocycles. The van der Waals surface area contributed by atoms with E-state index in [4.69, 9.17) is 4.74 Å². The second-order valence-corrected chi connectivity index (χ2v) is 8.64. The number of carbonyl (C=O) groups excluding carboxylic acids is 2. The molecule has 5 heteroatoms. The first-order valence-corrected chi connectivity index (χ1v) is 9.79. The molecule has 1 aromatic rings. The quantitative estimate of drug-likeness (QED) is 0.831. The molecule has 1 heterocycles. The van der Waals surface area contributed by atoms with Gasteiger partial charge in [0.25, 0.3) is 5.91 Å². The lowest BCUT2D eigenvalue weighted by Gasteiger charge is -2.46. The number of methoxy groups -OCH3 is 1. The van der Waals surface area contributed by atoms with Gasteiger partial charge < -0.3 is 10.1 Å². The summed E-state index contributed by atoms with van der Waals surface area (Å²) in [4.78, 5) is 28.1. The minimum absolute atomic E-state index is 0.00906. The molecule has 0 radical (unpaired) electrons. The fourth-order valence-corrected chi connectivity index (χ4v) is 5.66. The minimum atomic E-state index is -0.882. The maximum Gasteiger partial charge on any atom is 0.325 e. The van der Waals surface area contributed by atoms with Gasteiger partial charge in [0, 0.05) is 18.6 Å². The number of aryl methyl sites for hydroxylation is 1. The van der Waals surface area contributed by atoms with Gasteiger partial charge >= 0.3 is 6.03 Å². The number of hydrogen-bond donors (Lipinski definition) is 1. The zero-order chi connectivity index (χ0) is 18.1. The number of nitrogens with zero attached hydrogens (tertiary/aromatic N) is 1. The molecular weight excluding hydrogens is 328 g/mol. The molecule has 2 spiro atoms. The lowest BCUT2D eigenvalue weighted by molar-refractivity contribution is -0.139. The number of benzene rings is 1. The number of ether oxygens (including phenoxy) is 1. The lowest BCUT2D eigenvalue weighted by atomic mass is 9.61. The normalized spacial score (nSPS) is 36.1. The smallest absolute Gasteiger partial charge is 0.325 e. The van der Waals surface area contributed by atoms with Crippen molar-refractivity contribution in [1.82, 2.24) is 10.2 Å². The SMILES string of the molecule is COC1CCC2(CC1)Cc1ccc(C)cc1C21NC(=O)N(C2CC2)C1=O. The van der Waals surface area contributed by atoms with Crippen molar-refractivity contribution >= 4 is 11.9 Å². The van der Waals surface area contributed by atoms with Gasteiger partial charge in [0.05, 0.1) is 6.10 Å². The molecule has 1 unspecified atom stereocenters. The molecule has 3 aliphatic carbocycles. The van der Waals surface area contributed by atoms with Crippen molar-refractivity contribution in [3.63, 3.8) is 0 Å². The number of urea groups is 1. The van der Waals surface area contributed by atoms with Crippen molar-refractivity contribution in [2.75, 3.05) is 7.11 Å². The number of imide groups is 1. The van der Waals surface area contributed by atoms with Crippen LogP contribution in [-0.4, -0.2) is 36.1 Å². The Hall–Kier alpha value is -1.88. The summed E-state index contributed by atoms with van der Waals surface area (Å²) in [6.07, 6.45) is 6.70. The summed E-state index contributed by atoms with van der Waals surface area (Å²) in [5.41, 5.74) is 2.28. The first-order chi connectivity index (χ1) is 12.5. The predicted octanol–water partition coefficient (Wildman–Crippen LogP) is 3.04. The monoisotopic (exact) mass is 354 g/mol. The molecule has 0 aromatic heterocycles. The van der Waals surface area contributed by atoms with Crippen molar-refractivity contribution in [2.45, 2.75) is 69.6 Å². The van der Waals surface area contributed by atoms with Crippen molar-refractivity contribution in [3.8, 4) is 0 Å². The number of rotatable bonds is 2. The molecule has 26 heavy (non-hydrogen) atoms. The Kier molecular flexibility index (Phi) is 3.34. The molecule has 1 saturated heterocycles. The van der Waals surface area contributed by atoms with E-state index in [9.17, 15) is 9.59 Å². The highest BCUT2D eigenvalue weighted by molar-refractivity contribution is 6.09. The van der Waals surface area contributed by atoms with E-state index in [1.165, 1.54) is 10.5 Å². The second-order valence-electron chi connectivity index (χ2n) is 8.64. The molecule has 1 atom stereocenters. The van der Waals surface area contributed by atoms with Crippen LogP contribution in [0, 0.1) is 12.3 Å². The molecule has 4 aliphatic rings. The topological polar surface area (TPSA) is 58.6 Å². The largest absolute Gasteiger partial charge is 0.381 e. The van der Waals surface area contributed by atoms with E-state index < -0.39 is 5.54 Å². The van der Waals surface area contributed by atoms with Gasteiger partial charge in [-0.3, -0.25) is 9.69 Å². The van der Waals surface area contributed by atoms with Crippen LogP contribution < -0.4 is 5.32 Å². The van der Waals surface area contributed by atoms with Gasteiger partial charge in [0.2, 0.25) is 0 Å². The zero-order valence-corrected chi connectivity index (χ0v) is 15.5. The van der Waals surface area contributed by atoms with E-state index in [1.54, 1.807) is 7.11 Å². The number of nitrogens with one attached hydrogen (secondary N) is 1. The molecule has 3 fully saturated rings. The van der Waals surface area contributed by atoms with Crippen molar-refractivity contribution in [1.29, 1.82) is 0 Å². The van der Waals surface area contributed by atoms with Crippen LogP contribution >= 0.6 is 0 Å². The molecule has 138 valence electrons. The average Bonchev–Trinajstić information content (AvgIpc) is 3.38. The highest BCUT2D eigenvalue weighted by Crippen LogP contribution is 2.60. The maximum absolute atomic E-state index is 13.7. The molecule has 5 nitrogen and oxygen atoms in total. The second kappa shape index (κ2) is 5.32. The van der Waals surface area contributed by atoms with Gasteiger partial charge in [-0.15, -0.1) is 0 Å². The first kappa shape index (κ1) is 16.3. The van der Waals surface area contributed by atoms with Gasteiger partial charge in [-0.05, 0) is 63.0 Å². The third-order valence-corrected chi connectivity index (χ3v) is 7.18. The Morgan fingerprint density at radius 1 is 1.15 bits per heavy atom. The summed E-state index contributed by atoms with van der Waals surface area (Å²) < 4.78 is 5.58. The van der Waals surface area contributed by atoms with Gasteiger partial charge in [-0.1, -0.05) is 23.8 Å². The number of hydrogen-bond acceptors (Lipinski definition) is 3. The zero-order valence-electron chi connectivity index (χ0n) is 15.5. The molecule has 0 bridgehead atoms. The van der Waals surface area contributed by atoms with Crippen molar-refractivity contribution in [3.05, 3.63) is 34.9 Å². The maximum atomic E-state index is 13.7. The third-order valence-electron chi connectivity index (χ3n) is 7.18. The Balaban J connectivity index is 1.65. The Labute approximate surface area is 154 Å². The minimum Gasteiger partial charge on any atom is -0.381 e. The number of amides is 3. The Morgan fingerprint density at radius 2 is 1.88 bits per heavy atom. The standard InChI is InChI=1S/C21H26N2O3/c1-13-3-4-14-12-20(9-7-16(26-2)8-10-20)21(17(14)11-13)18(24)23(15-5-6-15)19(25)22-21/h3-4,11,15-16H,5-10,12H2,1-2H3,(H,22,25). The van der Waals surface area contributed by atoms with Crippen LogP contribution in [0.5, 0.6) is 0 Å². The molecule has 2 saturated carbocycles. The van der Waals surface area contributed by atoms with Gasteiger partial charge in [0.1, 0.15) is 0 Å². The van der Waals surface area contributed by atoms with E-state index in [1.807, 2.05) is 0 Å². The number of fused-ring (bicyclic) bond motifs is 3. The highest BCUT2D eigenvalue weighted by Gasteiger charge is 2.69. The van der Waals surface area contributed by atoms with Crippen LogP contribution in [0.1, 0.15) is 55.2 Å². The van der Waals surface area contributed by atoms with E-state index in [0.29, 0.717) is 0 Å². The van der Waals surface area contributed by atoms with Crippen LogP contribution in [0.4, 0.5) is 4.79 Å². The average molecular weight is 354 g/mol. The Bertz CT molecular complexity index is 792. The van der Waals surface area contributed by atoms with Crippen LogP contribution in [0.25, 0.3) is 0 Å². The predicted molar refractivity (Wildman–Crippen MR) is 96.7 cm³/mol. The fraction of sp³-hybridized carbons (Fsp3) is 0.619. The van der Waals surface area contributed by atoms with Crippen LogP contribution in [0.3, 0.4) is 0 Å². The van der Waals surface area contributed by atoms with Crippen molar-refractivity contribution in [2.24, 2.45) is 5.41 Å². The summed E-state index contributed by atoms with van der Waals surface area (Å²) in [6, 6.07) is 6.30. The van der Waals surface area contributed by atoms with E-state index in [2.05, 4.69) is 30.4 Å². The summed E-state index contributed by atoms with van der Waals surface area (Å²) in [5.74, 6) is -0.00906. The molecule has 1 aromatic carbocycles. The Morgan fingerprint density at radius 3 is 2.54 bits per heavy atom. The summed E-state index contributed by atoms with van der Waals surface area (Å²) in [7, 11) is 1.77. The van der Waals surface area contributed by atoms with Gasteiger partial charge in [0.15, 0.2) is 5.54 Å². The van der Waals surface area contributed by atoms with E-state index in [-0.39, 0.29) is 29.5 Å².